The molecule has 2 aliphatic rings. The molecule has 5 heteroatoms. The van der Waals surface area contributed by atoms with Gasteiger partial charge in [-0.3, -0.25) is 9.69 Å². The van der Waals surface area contributed by atoms with Gasteiger partial charge in [0.15, 0.2) is 0 Å². The van der Waals surface area contributed by atoms with Crippen molar-refractivity contribution >= 4 is 17.7 Å². The zero-order valence-electron chi connectivity index (χ0n) is 10.5. The number of carbonyl (C=O) groups excluding carboxylic acids is 1. The van der Waals surface area contributed by atoms with Crippen LogP contribution in [0.4, 0.5) is 0 Å². The van der Waals surface area contributed by atoms with Crippen LogP contribution in [-0.2, 0) is 4.79 Å². The van der Waals surface area contributed by atoms with Crippen LogP contribution in [0.1, 0.15) is 26.2 Å². The Hall–Kier alpha value is -0.260. The summed E-state index contributed by atoms with van der Waals surface area (Å²) in [6.07, 6.45) is 2.86. The molecule has 0 spiro atoms. The lowest BCUT2D eigenvalue weighted by Crippen LogP contribution is -2.49. The first kappa shape index (κ1) is 13.2. The van der Waals surface area contributed by atoms with Crippen molar-refractivity contribution in [2.45, 2.75) is 43.5 Å². The molecule has 0 aromatic rings. The van der Waals surface area contributed by atoms with Crippen molar-refractivity contribution in [3.05, 3.63) is 0 Å². The Bertz CT molecular complexity index is 270. The van der Waals surface area contributed by atoms with E-state index in [2.05, 4.69) is 17.1 Å². The standard InChI is InChI=1S/C12H23N3OS/c1-9-8-15(4-5-17-9)11(7-13)6-12(16)14-10-2-3-10/h9-11H,2-8,13H2,1H3,(H,14,16). The summed E-state index contributed by atoms with van der Waals surface area (Å²) < 4.78 is 0. The van der Waals surface area contributed by atoms with Crippen molar-refractivity contribution in [2.24, 2.45) is 5.73 Å². The second kappa shape index (κ2) is 6.07. The van der Waals surface area contributed by atoms with Crippen LogP contribution in [0.25, 0.3) is 0 Å². The van der Waals surface area contributed by atoms with Crippen molar-refractivity contribution in [1.82, 2.24) is 10.2 Å². The minimum atomic E-state index is 0.175. The van der Waals surface area contributed by atoms with Crippen molar-refractivity contribution in [3.8, 4) is 0 Å². The average Bonchev–Trinajstić information content (AvgIpc) is 3.09. The van der Waals surface area contributed by atoms with Crippen LogP contribution in [0.2, 0.25) is 0 Å². The predicted molar refractivity (Wildman–Crippen MR) is 72.1 cm³/mol. The van der Waals surface area contributed by atoms with Crippen molar-refractivity contribution < 1.29 is 4.79 Å². The molecule has 1 heterocycles. The summed E-state index contributed by atoms with van der Waals surface area (Å²) in [6, 6.07) is 0.675. The fourth-order valence-electron chi connectivity index (χ4n) is 2.27. The maximum Gasteiger partial charge on any atom is 0.221 e. The minimum absolute atomic E-state index is 0.175. The van der Waals surface area contributed by atoms with Gasteiger partial charge < -0.3 is 11.1 Å². The highest BCUT2D eigenvalue weighted by Gasteiger charge is 2.28. The first-order valence-corrected chi connectivity index (χ1v) is 7.59. The quantitative estimate of drug-likeness (QED) is 0.749. The van der Waals surface area contributed by atoms with Gasteiger partial charge in [0.25, 0.3) is 0 Å². The Labute approximate surface area is 108 Å². The summed E-state index contributed by atoms with van der Waals surface area (Å²) in [4.78, 5) is 14.2. The Morgan fingerprint density at radius 2 is 2.35 bits per heavy atom. The van der Waals surface area contributed by atoms with Crippen LogP contribution >= 0.6 is 11.8 Å². The van der Waals surface area contributed by atoms with E-state index in [1.807, 2.05) is 11.8 Å². The third-order valence-corrected chi connectivity index (χ3v) is 4.56. The van der Waals surface area contributed by atoms with Gasteiger partial charge in [0.2, 0.25) is 5.91 Å². The smallest absolute Gasteiger partial charge is 0.221 e. The molecule has 0 bridgehead atoms. The third kappa shape index (κ3) is 4.16. The second-order valence-corrected chi connectivity index (χ2v) is 6.66. The SMILES string of the molecule is CC1CN(C(CN)CC(=O)NC2CC2)CCS1. The molecule has 1 saturated heterocycles. The van der Waals surface area contributed by atoms with E-state index in [1.165, 1.54) is 0 Å². The van der Waals surface area contributed by atoms with Gasteiger partial charge in [0, 0.05) is 49.1 Å². The van der Waals surface area contributed by atoms with Crippen LogP contribution in [-0.4, -0.2) is 53.5 Å². The molecule has 1 amide bonds. The number of thioether (sulfide) groups is 1. The van der Waals surface area contributed by atoms with E-state index in [0.29, 0.717) is 24.3 Å². The number of hydrogen-bond donors (Lipinski definition) is 2. The molecule has 4 nitrogen and oxygen atoms in total. The molecule has 0 radical (unpaired) electrons. The van der Waals surface area contributed by atoms with Gasteiger partial charge >= 0.3 is 0 Å². The van der Waals surface area contributed by atoms with Gasteiger partial charge in [0.1, 0.15) is 0 Å². The summed E-state index contributed by atoms with van der Waals surface area (Å²) >= 11 is 2.01. The van der Waals surface area contributed by atoms with Gasteiger partial charge in [-0.25, -0.2) is 0 Å². The molecule has 0 aromatic heterocycles. The highest BCUT2D eigenvalue weighted by atomic mass is 32.2. The Kier molecular flexibility index (Phi) is 4.70. The highest BCUT2D eigenvalue weighted by molar-refractivity contribution is 7.99. The number of amides is 1. The molecule has 1 saturated carbocycles. The first-order valence-electron chi connectivity index (χ1n) is 6.54. The van der Waals surface area contributed by atoms with E-state index in [4.69, 9.17) is 5.73 Å². The van der Waals surface area contributed by atoms with E-state index >= 15 is 0 Å². The Morgan fingerprint density at radius 3 is 2.94 bits per heavy atom. The molecular formula is C12H23N3OS. The second-order valence-electron chi connectivity index (χ2n) is 5.11. The molecule has 2 fully saturated rings. The molecule has 2 rings (SSSR count). The van der Waals surface area contributed by atoms with E-state index < -0.39 is 0 Å². The number of nitrogens with one attached hydrogen (secondary N) is 1. The van der Waals surface area contributed by atoms with Crippen molar-refractivity contribution in [1.29, 1.82) is 0 Å². The summed E-state index contributed by atoms with van der Waals surface area (Å²) in [6.45, 7) is 4.95. The lowest BCUT2D eigenvalue weighted by molar-refractivity contribution is -0.122. The minimum Gasteiger partial charge on any atom is -0.353 e. The van der Waals surface area contributed by atoms with Crippen LogP contribution in [0, 0.1) is 0 Å². The Balaban J connectivity index is 1.79. The van der Waals surface area contributed by atoms with E-state index in [1.54, 1.807) is 0 Å². The number of hydrogen-bond acceptors (Lipinski definition) is 4. The first-order chi connectivity index (χ1) is 8.19. The van der Waals surface area contributed by atoms with Gasteiger partial charge in [-0.05, 0) is 12.8 Å². The topological polar surface area (TPSA) is 58.4 Å². The molecular weight excluding hydrogens is 234 g/mol. The van der Waals surface area contributed by atoms with Gasteiger partial charge in [-0.1, -0.05) is 6.92 Å². The molecule has 98 valence electrons. The number of nitrogens with zero attached hydrogens (tertiary/aromatic N) is 1. The summed E-state index contributed by atoms with van der Waals surface area (Å²) in [5, 5.41) is 3.70. The fourth-order valence-corrected chi connectivity index (χ4v) is 3.31. The summed E-state index contributed by atoms with van der Waals surface area (Å²) in [5.41, 5.74) is 5.82. The lowest BCUT2D eigenvalue weighted by atomic mass is 10.1. The maximum absolute atomic E-state index is 11.8. The molecule has 1 aliphatic heterocycles. The van der Waals surface area contributed by atoms with Crippen LogP contribution in [0.3, 0.4) is 0 Å². The van der Waals surface area contributed by atoms with E-state index in [0.717, 1.165) is 31.7 Å². The zero-order chi connectivity index (χ0) is 12.3. The molecule has 3 N–H and O–H groups in total. The normalized spacial score (nSPS) is 27.8. The van der Waals surface area contributed by atoms with Gasteiger partial charge in [-0.2, -0.15) is 11.8 Å². The summed E-state index contributed by atoms with van der Waals surface area (Å²) in [7, 11) is 0. The zero-order valence-corrected chi connectivity index (χ0v) is 11.3. The largest absolute Gasteiger partial charge is 0.353 e. The van der Waals surface area contributed by atoms with Crippen LogP contribution < -0.4 is 11.1 Å². The highest BCUT2D eigenvalue weighted by Crippen LogP contribution is 2.21. The number of nitrogens with two attached hydrogens (primary N) is 1. The predicted octanol–water partition coefficient (Wildman–Crippen LogP) is 0.420. The van der Waals surface area contributed by atoms with Crippen molar-refractivity contribution in [2.75, 3.05) is 25.4 Å². The monoisotopic (exact) mass is 257 g/mol. The van der Waals surface area contributed by atoms with Gasteiger partial charge in [0.05, 0.1) is 0 Å². The lowest BCUT2D eigenvalue weighted by Gasteiger charge is -2.36. The van der Waals surface area contributed by atoms with Crippen molar-refractivity contribution in [3.63, 3.8) is 0 Å². The van der Waals surface area contributed by atoms with Gasteiger partial charge in [-0.15, -0.1) is 0 Å². The number of carbonyl (C=O) groups is 1. The maximum atomic E-state index is 11.8. The molecule has 0 aromatic carbocycles. The Morgan fingerprint density at radius 1 is 1.59 bits per heavy atom. The molecule has 1 aliphatic carbocycles. The molecule has 2 atom stereocenters. The van der Waals surface area contributed by atoms with E-state index in [-0.39, 0.29) is 11.9 Å². The average molecular weight is 257 g/mol. The van der Waals surface area contributed by atoms with Crippen LogP contribution in [0.5, 0.6) is 0 Å². The van der Waals surface area contributed by atoms with E-state index in [9.17, 15) is 4.79 Å². The molecule has 17 heavy (non-hydrogen) atoms. The third-order valence-electron chi connectivity index (χ3n) is 3.42. The van der Waals surface area contributed by atoms with Crippen LogP contribution in [0.15, 0.2) is 0 Å². The summed E-state index contributed by atoms with van der Waals surface area (Å²) in [5.74, 6) is 1.33. The fraction of sp³-hybridized carbons (Fsp3) is 0.917. The number of rotatable bonds is 5. The molecule has 2 unspecified atom stereocenters.